The molecule has 0 N–H and O–H groups in total. The third-order valence-corrected chi connectivity index (χ3v) is 7.01. The second-order valence-electron chi connectivity index (χ2n) is 3.58. The van der Waals surface area contributed by atoms with Gasteiger partial charge in [-0.15, -0.1) is 11.6 Å². The Kier molecular flexibility index (Phi) is 4.65. The SMILES string of the molecule is CC[C](CC)(CC)[Al]([CH3])[CH3]. The van der Waals surface area contributed by atoms with Gasteiger partial charge in [0.05, 0.1) is 0 Å². The molecule has 0 aromatic carbocycles. The third-order valence-electron chi connectivity index (χ3n) is 3.34. The first-order valence-electron chi connectivity index (χ1n) is 4.63. The lowest BCUT2D eigenvalue weighted by molar-refractivity contribution is 0.489. The average molecular weight is 156 g/mol. The average Bonchev–Trinajstić information content (AvgIpc) is 1.92. The molecule has 0 saturated carbocycles. The minimum Gasteiger partial charge on any atom is -0.106 e. The van der Waals surface area contributed by atoms with E-state index in [0.29, 0.717) is 0 Å². The van der Waals surface area contributed by atoms with Crippen molar-refractivity contribution < 1.29 is 0 Å². The number of hydrogen-bond acceptors (Lipinski definition) is 0. The summed E-state index contributed by atoms with van der Waals surface area (Å²) in [6.07, 6.45) is 4.18. The van der Waals surface area contributed by atoms with Crippen LogP contribution in [0.2, 0.25) is 15.8 Å². The summed E-state index contributed by atoms with van der Waals surface area (Å²) in [5.74, 6) is 4.97. The van der Waals surface area contributed by atoms with Crippen molar-refractivity contribution in [2.75, 3.05) is 0 Å². The standard InChI is InChI=1S/C7H15.2CH3.Al/c1-4-7(5-2)6-3;;;/h4-6H2,1-3H3;2*1H3;. The van der Waals surface area contributed by atoms with Crippen LogP contribution in [0.5, 0.6) is 0 Å². The molecule has 0 aromatic rings. The molecule has 0 rings (SSSR count). The molecule has 10 heavy (non-hydrogen) atoms. The maximum absolute atomic E-state index is 2.48. The number of hydrogen-bond donors (Lipinski definition) is 0. The highest BCUT2D eigenvalue weighted by Gasteiger charge is 2.31. The Morgan fingerprint density at radius 3 is 1.20 bits per heavy atom. The molecule has 1 heteroatoms. The summed E-state index contributed by atoms with van der Waals surface area (Å²) in [7, 11) is 0. The van der Waals surface area contributed by atoms with Crippen LogP contribution in [0.15, 0.2) is 0 Å². The highest BCUT2D eigenvalue weighted by molar-refractivity contribution is 6.59. The molecule has 0 unspecified atom stereocenters. The largest absolute Gasteiger partial charge is 0.263 e. The molecule has 0 aliphatic heterocycles. The van der Waals surface area contributed by atoms with Gasteiger partial charge in [-0.05, 0) is 0 Å². The van der Waals surface area contributed by atoms with Gasteiger partial charge in [-0.25, -0.2) is 0 Å². The minimum absolute atomic E-state index is 0.421. The molecule has 0 nitrogen and oxygen atoms in total. The van der Waals surface area contributed by atoms with Gasteiger partial charge in [-0.1, -0.05) is 44.3 Å². The number of rotatable bonds is 4. The first kappa shape index (κ1) is 10.5. The fourth-order valence-corrected chi connectivity index (χ4v) is 4.42. The molecule has 60 valence electrons. The van der Waals surface area contributed by atoms with E-state index in [-0.39, 0.29) is 0 Å². The zero-order valence-corrected chi connectivity index (χ0v) is 9.35. The molecule has 0 spiro atoms. The van der Waals surface area contributed by atoms with Crippen LogP contribution in [-0.2, 0) is 0 Å². The van der Waals surface area contributed by atoms with Gasteiger partial charge in [-0.2, -0.15) is 0 Å². The van der Waals surface area contributed by atoms with E-state index in [4.69, 9.17) is 0 Å². The van der Waals surface area contributed by atoms with E-state index in [1.54, 1.807) is 0 Å². The van der Waals surface area contributed by atoms with Crippen LogP contribution in [0.4, 0.5) is 0 Å². The Morgan fingerprint density at radius 2 is 1.20 bits per heavy atom. The summed E-state index contributed by atoms with van der Waals surface area (Å²) < 4.78 is 0.764. The van der Waals surface area contributed by atoms with E-state index in [2.05, 4.69) is 32.3 Å². The second-order valence-corrected chi connectivity index (χ2v) is 7.11. The second kappa shape index (κ2) is 4.42. The first-order valence-corrected chi connectivity index (χ1v) is 7.51. The Hall–Kier alpha value is 0.532. The Labute approximate surface area is 70.4 Å². The predicted octanol–water partition coefficient (Wildman–Crippen LogP) is 3.71. The molecular formula is C9H21Al. The van der Waals surface area contributed by atoms with Crippen molar-refractivity contribution in [2.45, 2.75) is 55.9 Å². The van der Waals surface area contributed by atoms with Gasteiger partial charge >= 0.3 is 0 Å². The van der Waals surface area contributed by atoms with E-state index in [1.807, 2.05) is 0 Å². The van der Waals surface area contributed by atoms with Crippen LogP contribution in [0, 0.1) is 0 Å². The van der Waals surface area contributed by atoms with Gasteiger partial charge < -0.3 is 0 Å². The lowest BCUT2D eigenvalue weighted by Gasteiger charge is -2.32. The molecule has 0 atom stereocenters. The smallest absolute Gasteiger partial charge is 0.106 e. The molecule has 0 heterocycles. The van der Waals surface area contributed by atoms with E-state index in [9.17, 15) is 0 Å². The zero-order valence-electron chi connectivity index (χ0n) is 8.20. The first-order chi connectivity index (χ1) is 4.63. The maximum atomic E-state index is 2.48. The molecule has 0 aliphatic carbocycles. The molecule has 0 saturated heterocycles. The normalized spacial score (nSPS) is 11.7. The molecule has 0 aromatic heterocycles. The Morgan fingerprint density at radius 1 is 0.900 bits per heavy atom. The summed E-state index contributed by atoms with van der Waals surface area (Å²) in [5.41, 5.74) is 0. The summed E-state index contributed by atoms with van der Waals surface area (Å²) in [5, 5.41) is 0. The summed E-state index contributed by atoms with van der Waals surface area (Å²) >= 11 is -0.421. The Bertz CT molecular complexity index is 74.5. The van der Waals surface area contributed by atoms with Crippen LogP contribution in [-0.4, -0.2) is 14.1 Å². The molecular weight excluding hydrogens is 135 g/mol. The molecule has 0 bridgehead atoms. The van der Waals surface area contributed by atoms with E-state index < -0.39 is 14.1 Å². The van der Waals surface area contributed by atoms with Crippen molar-refractivity contribution in [3.63, 3.8) is 0 Å². The maximum Gasteiger partial charge on any atom is 0.263 e. The van der Waals surface area contributed by atoms with E-state index in [0.717, 1.165) is 4.28 Å². The van der Waals surface area contributed by atoms with Crippen LogP contribution >= 0.6 is 0 Å². The summed E-state index contributed by atoms with van der Waals surface area (Å²) in [4.78, 5) is 0. The van der Waals surface area contributed by atoms with Crippen molar-refractivity contribution in [3.05, 3.63) is 0 Å². The lowest BCUT2D eigenvalue weighted by atomic mass is 9.99. The van der Waals surface area contributed by atoms with E-state index in [1.165, 1.54) is 19.3 Å². The Balaban J connectivity index is 4.15. The van der Waals surface area contributed by atoms with Crippen LogP contribution < -0.4 is 0 Å². The summed E-state index contributed by atoms with van der Waals surface area (Å²) in [6.45, 7) is 7.04. The van der Waals surface area contributed by atoms with Gasteiger partial charge in [0.25, 0.3) is 14.1 Å². The van der Waals surface area contributed by atoms with Crippen LogP contribution in [0.1, 0.15) is 40.0 Å². The highest BCUT2D eigenvalue weighted by Crippen LogP contribution is 2.41. The minimum atomic E-state index is -0.421. The lowest BCUT2D eigenvalue weighted by Crippen LogP contribution is -2.25. The third kappa shape index (κ3) is 2.01. The van der Waals surface area contributed by atoms with Gasteiger partial charge in [-0.3, -0.25) is 0 Å². The summed E-state index contributed by atoms with van der Waals surface area (Å²) in [6, 6.07) is 0. The van der Waals surface area contributed by atoms with Gasteiger partial charge in [0.2, 0.25) is 0 Å². The van der Waals surface area contributed by atoms with Gasteiger partial charge in [0.1, 0.15) is 0 Å². The quantitative estimate of drug-likeness (QED) is 0.544. The van der Waals surface area contributed by atoms with Crippen LogP contribution in [0.3, 0.4) is 0 Å². The topological polar surface area (TPSA) is 0 Å². The molecule has 0 radical (unpaired) electrons. The zero-order chi connectivity index (χ0) is 8.20. The van der Waals surface area contributed by atoms with Crippen molar-refractivity contribution in [1.82, 2.24) is 0 Å². The molecule has 0 fully saturated rings. The fraction of sp³-hybridized carbons (Fsp3) is 1.00. The van der Waals surface area contributed by atoms with Crippen molar-refractivity contribution in [3.8, 4) is 0 Å². The monoisotopic (exact) mass is 156 g/mol. The van der Waals surface area contributed by atoms with Gasteiger partial charge in [0.15, 0.2) is 0 Å². The van der Waals surface area contributed by atoms with Crippen LogP contribution in [0.25, 0.3) is 0 Å². The molecule has 0 amide bonds. The highest BCUT2D eigenvalue weighted by atomic mass is 27.2. The predicted molar refractivity (Wildman–Crippen MR) is 51.0 cm³/mol. The van der Waals surface area contributed by atoms with Crippen molar-refractivity contribution in [1.29, 1.82) is 0 Å². The van der Waals surface area contributed by atoms with Crippen molar-refractivity contribution in [2.24, 2.45) is 0 Å². The van der Waals surface area contributed by atoms with E-state index >= 15 is 0 Å². The van der Waals surface area contributed by atoms with Gasteiger partial charge in [0, 0.05) is 0 Å². The fourth-order valence-electron chi connectivity index (χ4n) is 1.97. The molecule has 0 aliphatic rings. The van der Waals surface area contributed by atoms with Crippen molar-refractivity contribution >= 4 is 14.1 Å².